The fourth-order valence-corrected chi connectivity index (χ4v) is 3.48. The van der Waals surface area contributed by atoms with E-state index < -0.39 is 18.9 Å². The van der Waals surface area contributed by atoms with Gasteiger partial charge in [0.1, 0.15) is 0 Å². The fourth-order valence-electron chi connectivity index (χ4n) is 3.48. The van der Waals surface area contributed by atoms with Crippen molar-refractivity contribution in [1.29, 1.82) is 0 Å². The van der Waals surface area contributed by atoms with Gasteiger partial charge >= 0.3 is 12.3 Å². The molecule has 8 nitrogen and oxygen atoms in total. The molecule has 0 aromatic heterocycles. The molecular weight excluding hydrogens is 419 g/mol. The molecule has 0 unspecified atom stereocenters. The van der Waals surface area contributed by atoms with E-state index in [-0.39, 0.29) is 56.1 Å². The van der Waals surface area contributed by atoms with Crippen LogP contribution in [-0.2, 0) is 25.7 Å². The van der Waals surface area contributed by atoms with Crippen LogP contribution in [-0.4, -0.2) is 59.5 Å². The minimum atomic E-state index is -4.58. The summed E-state index contributed by atoms with van der Waals surface area (Å²) in [5, 5.41) is 2.77. The van der Waals surface area contributed by atoms with Crippen LogP contribution in [0.15, 0.2) is 24.3 Å². The lowest BCUT2D eigenvalue weighted by Crippen LogP contribution is -2.42. The van der Waals surface area contributed by atoms with Gasteiger partial charge < -0.3 is 15.0 Å². The Morgan fingerprint density at radius 3 is 2.16 bits per heavy atom. The van der Waals surface area contributed by atoms with Gasteiger partial charge in [-0.05, 0) is 30.5 Å². The van der Waals surface area contributed by atoms with Gasteiger partial charge in [-0.3, -0.25) is 19.3 Å². The summed E-state index contributed by atoms with van der Waals surface area (Å²) in [6, 6.07) is 6.77. The molecule has 2 aliphatic heterocycles. The summed E-state index contributed by atoms with van der Waals surface area (Å²) in [6.07, 6.45) is -4.54. The molecule has 168 valence electrons. The second-order valence-electron chi connectivity index (χ2n) is 7.49. The first-order chi connectivity index (χ1) is 14.6. The van der Waals surface area contributed by atoms with Crippen molar-refractivity contribution in [3.8, 4) is 0 Å². The van der Waals surface area contributed by atoms with Crippen molar-refractivity contribution in [1.82, 2.24) is 9.80 Å². The van der Waals surface area contributed by atoms with Crippen molar-refractivity contribution in [2.24, 2.45) is 5.92 Å². The lowest BCUT2D eigenvalue weighted by molar-refractivity contribution is -0.162. The van der Waals surface area contributed by atoms with Gasteiger partial charge in [-0.2, -0.15) is 13.2 Å². The number of anilines is 1. The maximum absolute atomic E-state index is 12.5. The number of piperidine rings is 1. The van der Waals surface area contributed by atoms with E-state index in [1.165, 1.54) is 4.90 Å². The van der Waals surface area contributed by atoms with E-state index in [1.54, 1.807) is 24.3 Å². The number of nitrogens with one attached hydrogen (secondary N) is 1. The van der Waals surface area contributed by atoms with Crippen LogP contribution >= 0.6 is 0 Å². The van der Waals surface area contributed by atoms with Gasteiger partial charge in [0, 0.05) is 37.5 Å². The average molecular weight is 441 g/mol. The topological polar surface area (TPSA) is 96.0 Å². The number of rotatable bonds is 5. The highest BCUT2D eigenvalue weighted by atomic mass is 19.4. The van der Waals surface area contributed by atoms with E-state index in [0.717, 1.165) is 10.5 Å². The second kappa shape index (κ2) is 9.36. The average Bonchev–Trinajstić information content (AvgIpc) is 3.05. The number of alkyl halides is 3. The number of imide groups is 1. The summed E-state index contributed by atoms with van der Waals surface area (Å²) in [5.74, 6) is -1.03. The van der Waals surface area contributed by atoms with Crippen LogP contribution in [0.25, 0.3) is 0 Å². The number of hydrogen-bond acceptors (Lipinski definition) is 5. The Morgan fingerprint density at radius 2 is 1.61 bits per heavy atom. The number of nitrogens with zero attached hydrogens (tertiary/aromatic N) is 2. The van der Waals surface area contributed by atoms with Crippen LogP contribution in [0, 0.1) is 5.92 Å². The number of amides is 4. The van der Waals surface area contributed by atoms with Crippen LogP contribution in [0.1, 0.15) is 31.2 Å². The number of hydrogen-bond donors (Lipinski definition) is 1. The monoisotopic (exact) mass is 441 g/mol. The van der Waals surface area contributed by atoms with Crippen LogP contribution in [0.2, 0.25) is 0 Å². The number of benzene rings is 1. The standard InChI is InChI=1S/C20H22F3N3O5/c21-20(22,23)12-31-19(30)25-9-7-14(8-10-25)18(29)24-15-3-1-13(2-4-15)11-26-16(27)5-6-17(26)28/h1-4,14H,5-12H2,(H,24,29). The summed E-state index contributed by atoms with van der Waals surface area (Å²) in [5.41, 5.74) is 1.30. The van der Waals surface area contributed by atoms with Gasteiger partial charge in [-0.15, -0.1) is 0 Å². The summed E-state index contributed by atoms with van der Waals surface area (Å²) < 4.78 is 40.6. The van der Waals surface area contributed by atoms with Crippen LogP contribution in [0.4, 0.5) is 23.7 Å². The maximum Gasteiger partial charge on any atom is 0.422 e. The highest BCUT2D eigenvalue weighted by Gasteiger charge is 2.33. The number of carbonyl (C=O) groups excluding carboxylic acids is 4. The van der Waals surface area contributed by atoms with E-state index in [0.29, 0.717) is 18.5 Å². The largest absolute Gasteiger partial charge is 0.440 e. The first-order valence-electron chi connectivity index (χ1n) is 9.84. The molecule has 4 amide bonds. The lowest BCUT2D eigenvalue weighted by Gasteiger charge is -2.30. The molecule has 1 aromatic rings. The fraction of sp³-hybridized carbons (Fsp3) is 0.500. The van der Waals surface area contributed by atoms with Crippen molar-refractivity contribution in [2.45, 2.75) is 38.4 Å². The molecule has 1 N–H and O–H groups in total. The maximum atomic E-state index is 12.5. The Hall–Kier alpha value is -3.11. The van der Waals surface area contributed by atoms with Crippen molar-refractivity contribution < 1.29 is 37.1 Å². The van der Waals surface area contributed by atoms with Gasteiger partial charge in [0.05, 0.1) is 6.54 Å². The molecule has 1 aromatic carbocycles. The summed E-state index contributed by atoms with van der Waals surface area (Å²) in [4.78, 5) is 49.9. The number of carbonyl (C=O) groups is 4. The quantitative estimate of drug-likeness (QED) is 0.709. The highest BCUT2D eigenvalue weighted by Crippen LogP contribution is 2.22. The summed E-state index contributed by atoms with van der Waals surface area (Å²) in [6.45, 7) is -1.19. The minimum Gasteiger partial charge on any atom is -0.440 e. The zero-order valence-corrected chi connectivity index (χ0v) is 16.6. The molecule has 31 heavy (non-hydrogen) atoms. The lowest BCUT2D eigenvalue weighted by atomic mass is 9.96. The molecule has 11 heteroatoms. The Bertz CT molecular complexity index is 833. The SMILES string of the molecule is O=C(Nc1ccc(CN2C(=O)CCC2=O)cc1)C1CCN(C(=O)OCC(F)(F)F)CC1. The van der Waals surface area contributed by atoms with Gasteiger partial charge in [-0.1, -0.05) is 12.1 Å². The van der Waals surface area contributed by atoms with Crippen LogP contribution in [0.5, 0.6) is 0 Å². The Morgan fingerprint density at radius 1 is 1.03 bits per heavy atom. The second-order valence-corrected chi connectivity index (χ2v) is 7.49. The van der Waals surface area contributed by atoms with Crippen molar-refractivity contribution >= 4 is 29.5 Å². The minimum absolute atomic E-state index is 0.131. The van der Waals surface area contributed by atoms with Crippen molar-refractivity contribution in [2.75, 3.05) is 25.0 Å². The molecule has 0 bridgehead atoms. The number of halogens is 3. The zero-order chi connectivity index (χ0) is 22.6. The zero-order valence-electron chi connectivity index (χ0n) is 16.6. The van der Waals surface area contributed by atoms with Crippen LogP contribution in [0.3, 0.4) is 0 Å². The van der Waals surface area contributed by atoms with E-state index in [1.807, 2.05) is 0 Å². The van der Waals surface area contributed by atoms with E-state index in [2.05, 4.69) is 10.1 Å². The molecule has 2 fully saturated rings. The predicted molar refractivity (Wildman–Crippen MR) is 102 cm³/mol. The van der Waals surface area contributed by atoms with Gasteiger partial charge in [0.15, 0.2) is 6.61 Å². The van der Waals surface area contributed by atoms with Gasteiger partial charge in [-0.25, -0.2) is 4.79 Å². The van der Waals surface area contributed by atoms with E-state index in [4.69, 9.17) is 0 Å². The molecule has 2 aliphatic rings. The molecule has 0 saturated carbocycles. The van der Waals surface area contributed by atoms with Crippen LogP contribution < -0.4 is 5.32 Å². The predicted octanol–water partition coefficient (Wildman–Crippen LogP) is 2.69. The summed E-state index contributed by atoms with van der Waals surface area (Å²) in [7, 11) is 0. The highest BCUT2D eigenvalue weighted by molar-refractivity contribution is 6.01. The smallest absolute Gasteiger partial charge is 0.422 e. The molecule has 3 rings (SSSR count). The third-order valence-electron chi connectivity index (χ3n) is 5.20. The summed E-state index contributed by atoms with van der Waals surface area (Å²) >= 11 is 0. The first-order valence-corrected chi connectivity index (χ1v) is 9.84. The number of ether oxygens (including phenoxy) is 1. The van der Waals surface area contributed by atoms with Crippen molar-refractivity contribution in [3.63, 3.8) is 0 Å². The normalized spacial score (nSPS) is 17.8. The molecule has 0 spiro atoms. The van der Waals surface area contributed by atoms with E-state index >= 15 is 0 Å². The Kier molecular flexibility index (Phi) is 6.81. The molecule has 2 heterocycles. The third-order valence-corrected chi connectivity index (χ3v) is 5.20. The molecular formula is C20H22F3N3O5. The Labute approximate surface area is 176 Å². The number of likely N-dealkylation sites (tertiary alicyclic amines) is 2. The van der Waals surface area contributed by atoms with Gasteiger partial charge in [0.2, 0.25) is 17.7 Å². The molecule has 0 aliphatic carbocycles. The molecule has 0 atom stereocenters. The third kappa shape index (κ3) is 6.19. The first kappa shape index (κ1) is 22.6. The Balaban J connectivity index is 1.45. The van der Waals surface area contributed by atoms with Gasteiger partial charge in [0.25, 0.3) is 0 Å². The van der Waals surface area contributed by atoms with Crippen molar-refractivity contribution in [3.05, 3.63) is 29.8 Å². The molecule has 0 radical (unpaired) electrons. The molecule has 2 saturated heterocycles. The van der Waals surface area contributed by atoms with E-state index in [9.17, 15) is 32.3 Å².